The maximum absolute atomic E-state index is 12.0. The molecule has 0 aliphatic rings. The molecule has 0 radical (unpaired) electrons. The van der Waals surface area contributed by atoms with Crippen LogP contribution >= 0.6 is 0 Å². The largest absolute Gasteiger partial charge is 0.355 e. The first kappa shape index (κ1) is 15.7. The van der Waals surface area contributed by atoms with Gasteiger partial charge in [0.2, 0.25) is 11.8 Å². The number of hydrogen-bond acceptors (Lipinski definition) is 3. The quantitative estimate of drug-likeness (QED) is 0.719. The van der Waals surface area contributed by atoms with Gasteiger partial charge in [-0.05, 0) is 12.1 Å². The Bertz CT molecular complexity index is 474. The molecule has 1 rings (SSSR count). The minimum absolute atomic E-state index is 0.0200. The summed E-state index contributed by atoms with van der Waals surface area (Å²) >= 11 is 0. The van der Waals surface area contributed by atoms with Gasteiger partial charge in [0.25, 0.3) is 5.91 Å². The lowest BCUT2D eigenvalue weighted by molar-refractivity contribution is -0.122. The molecule has 0 atom stereocenters. The van der Waals surface area contributed by atoms with Gasteiger partial charge in [-0.1, -0.05) is 18.2 Å². The van der Waals surface area contributed by atoms with E-state index in [1.807, 2.05) is 6.07 Å². The van der Waals surface area contributed by atoms with E-state index < -0.39 is 0 Å². The van der Waals surface area contributed by atoms with E-state index in [1.165, 1.54) is 11.8 Å². The second-order valence-corrected chi connectivity index (χ2v) is 4.36. The molecule has 1 aromatic carbocycles. The fourth-order valence-electron chi connectivity index (χ4n) is 1.58. The molecule has 0 bridgehead atoms. The molecular weight excluding hydrogens is 258 g/mol. The maximum atomic E-state index is 12.0. The summed E-state index contributed by atoms with van der Waals surface area (Å²) in [4.78, 5) is 35.6. The Morgan fingerprint density at radius 2 is 1.65 bits per heavy atom. The van der Waals surface area contributed by atoms with Crippen molar-refractivity contribution in [3.05, 3.63) is 35.9 Å². The van der Waals surface area contributed by atoms with Crippen molar-refractivity contribution in [2.45, 2.75) is 6.92 Å². The molecule has 0 fully saturated rings. The van der Waals surface area contributed by atoms with Crippen LogP contribution in [0.4, 0.5) is 0 Å². The third-order valence-corrected chi connectivity index (χ3v) is 2.57. The molecule has 0 aliphatic carbocycles. The number of nitrogens with zero attached hydrogens (tertiary/aromatic N) is 1. The van der Waals surface area contributed by atoms with Crippen LogP contribution in [0.15, 0.2) is 30.3 Å². The third-order valence-electron chi connectivity index (χ3n) is 2.57. The van der Waals surface area contributed by atoms with Crippen LogP contribution in [-0.4, -0.2) is 49.3 Å². The maximum Gasteiger partial charge on any atom is 0.254 e. The Kier molecular flexibility index (Phi) is 6.22. The Balaban J connectivity index is 2.34. The molecule has 0 saturated carbocycles. The number of amides is 3. The molecule has 20 heavy (non-hydrogen) atoms. The standard InChI is InChI=1S/C14H19N3O3/c1-11(18)15-8-9-16-13(19)10-17(2)14(20)12-6-4-3-5-7-12/h3-7H,8-10H2,1-2H3,(H,15,18)(H,16,19). The fourth-order valence-corrected chi connectivity index (χ4v) is 1.58. The van der Waals surface area contributed by atoms with Crippen molar-refractivity contribution in [2.24, 2.45) is 0 Å². The topological polar surface area (TPSA) is 78.5 Å². The Morgan fingerprint density at radius 1 is 1.05 bits per heavy atom. The van der Waals surface area contributed by atoms with Gasteiger partial charge < -0.3 is 15.5 Å². The predicted octanol–water partition coefficient (Wildman–Crippen LogP) is 0.0109. The average Bonchev–Trinajstić information content (AvgIpc) is 2.43. The number of likely N-dealkylation sites (N-methyl/N-ethyl adjacent to an activating group) is 1. The molecule has 2 N–H and O–H groups in total. The minimum atomic E-state index is -0.262. The van der Waals surface area contributed by atoms with Crippen LogP contribution in [0.1, 0.15) is 17.3 Å². The van der Waals surface area contributed by atoms with Crippen molar-refractivity contribution >= 4 is 17.7 Å². The minimum Gasteiger partial charge on any atom is -0.355 e. The number of carbonyl (C=O) groups is 3. The number of rotatable bonds is 6. The first-order chi connectivity index (χ1) is 9.50. The monoisotopic (exact) mass is 277 g/mol. The highest BCUT2D eigenvalue weighted by atomic mass is 16.2. The summed E-state index contributed by atoms with van der Waals surface area (Å²) in [5.41, 5.74) is 0.543. The lowest BCUT2D eigenvalue weighted by Crippen LogP contribution is -2.41. The predicted molar refractivity (Wildman–Crippen MR) is 75.1 cm³/mol. The van der Waals surface area contributed by atoms with E-state index in [9.17, 15) is 14.4 Å². The van der Waals surface area contributed by atoms with Crippen LogP contribution < -0.4 is 10.6 Å². The summed E-state index contributed by atoms with van der Waals surface area (Å²) in [6, 6.07) is 8.77. The number of benzene rings is 1. The van der Waals surface area contributed by atoms with E-state index >= 15 is 0 Å². The molecule has 3 amide bonds. The summed E-state index contributed by atoms with van der Waals surface area (Å²) in [6.45, 7) is 2.10. The van der Waals surface area contributed by atoms with Crippen molar-refractivity contribution < 1.29 is 14.4 Å². The van der Waals surface area contributed by atoms with Gasteiger partial charge in [0.05, 0.1) is 6.54 Å². The number of carbonyl (C=O) groups excluding carboxylic acids is 3. The van der Waals surface area contributed by atoms with Crippen molar-refractivity contribution in [3.63, 3.8) is 0 Å². The van der Waals surface area contributed by atoms with Gasteiger partial charge in [-0.3, -0.25) is 14.4 Å². The van der Waals surface area contributed by atoms with E-state index in [0.29, 0.717) is 18.7 Å². The molecule has 0 heterocycles. The van der Waals surface area contributed by atoms with Crippen LogP contribution in [0.3, 0.4) is 0 Å². The normalized spacial score (nSPS) is 9.70. The van der Waals surface area contributed by atoms with Gasteiger partial charge in [0.15, 0.2) is 0 Å². The fraction of sp³-hybridized carbons (Fsp3) is 0.357. The molecule has 6 nitrogen and oxygen atoms in total. The molecule has 0 aromatic heterocycles. The summed E-state index contributed by atoms with van der Waals surface area (Å²) in [6.07, 6.45) is 0. The molecular formula is C14H19N3O3. The molecule has 0 unspecified atom stereocenters. The van der Waals surface area contributed by atoms with Gasteiger partial charge in [-0.15, -0.1) is 0 Å². The van der Waals surface area contributed by atoms with Gasteiger partial charge in [-0.25, -0.2) is 0 Å². The van der Waals surface area contributed by atoms with E-state index in [4.69, 9.17) is 0 Å². The highest BCUT2D eigenvalue weighted by Gasteiger charge is 2.14. The lowest BCUT2D eigenvalue weighted by Gasteiger charge is -2.16. The van der Waals surface area contributed by atoms with Crippen LogP contribution in [-0.2, 0) is 9.59 Å². The SMILES string of the molecule is CC(=O)NCCNC(=O)CN(C)C(=O)c1ccccc1. The van der Waals surface area contributed by atoms with E-state index in [2.05, 4.69) is 10.6 Å². The Morgan fingerprint density at radius 3 is 2.25 bits per heavy atom. The first-order valence-corrected chi connectivity index (χ1v) is 6.32. The molecule has 108 valence electrons. The smallest absolute Gasteiger partial charge is 0.254 e. The number of hydrogen-bond donors (Lipinski definition) is 2. The molecule has 0 aliphatic heterocycles. The van der Waals surface area contributed by atoms with Crippen LogP contribution in [0.2, 0.25) is 0 Å². The highest BCUT2D eigenvalue weighted by molar-refractivity contribution is 5.96. The van der Waals surface area contributed by atoms with Crippen molar-refractivity contribution in [3.8, 4) is 0 Å². The Hall–Kier alpha value is -2.37. The summed E-state index contributed by atoms with van der Waals surface area (Å²) < 4.78 is 0. The number of nitrogens with one attached hydrogen (secondary N) is 2. The van der Waals surface area contributed by atoms with E-state index in [-0.39, 0.29) is 24.3 Å². The second-order valence-electron chi connectivity index (χ2n) is 4.36. The second kappa shape index (κ2) is 7.93. The Labute approximate surface area is 118 Å². The molecule has 0 spiro atoms. The van der Waals surface area contributed by atoms with Crippen LogP contribution in [0.25, 0.3) is 0 Å². The zero-order valence-corrected chi connectivity index (χ0v) is 11.7. The van der Waals surface area contributed by atoms with Crippen molar-refractivity contribution in [2.75, 3.05) is 26.7 Å². The molecule has 0 saturated heterocycles. The zero-order chi connectivity index (χ0) is 15.0. The van der Waals surface area contributed by atoms with Gasteiger partial charge >= 0.3 is 0 Å². The summed E-state index contributed by atoms with van der Waals surface area (Å²) in [7, 11) is 1.57. The summed E-state index contributed by atoms with van der Waals surface area (Å²) in [5, 5.41) is 5.20. The third kappa shape index (κ3) is 5.51. The lowest BCUT2D eigenvalue weighted by atomic mass is 10.2. The molecule has 6 heteroatoms. The van der Waals surface area contributed by atoms with E-state index in [0.717, 1.165) is 0 Å². The van der Waals surface area contributed by atoms with Crippen LogP contribution in [0.5, 0.6) is 0 Å². The van der Waals surface area contributed by atoms with Crippen LogP contribution in [0, 0.1) is 0 Å². The first-order valence-electron chi connectivity index (χ1n) is 6.32. The summed E-state index contributed by atoms with van der Waals surface area (Å²) in [5.74, 6) is -0.611. The average molecular weight is 277 g/mol. The van der Waals surface area contributed by atoms with Gasteiger partial charge in [0, 0.05) is 32.6 Å². The van der Waals surface area contributed by atoms with Gasteiger partial charge in [0.1, 0.15) is 0 Å². The van der Waals surface area contributed by atoms with Crippen molar-refractivity contribution in [1.82, 2.24) is 15.5 Å². The highest BCUT2D eigenvalue weighted by Crippen LogP contribution is 2.02. The van der Waals surface area contributed by atoms with Gasteiger partial charge in [-0.2, -0.15) is 0 Å². The molecule has 1 aromatic rings. The zero-order valence-electron chi connectivity index (χ0n) is 11.7. The van der Waals surface area contributed by atoms with E-state index in [1.54, 1.807) is 31.3 Å². The van der Waals surface area contributed by atoms with Crippen molar-refractivity contribution in [1.29, 1.82) is 0 Å².